The second-order valence-electron chi connectivity index (χ2n) is 6.59. The summed E-state index contributed by atoms with van der Waals surface area (Å²) < 4.78 is 20.6. The summed E-state index contributed by atoms with van der Waals surface area (Å²) in [6.07, 6.45) is 5.68. The van der Waals surface area contributed by atoms with Gasteiger partial charge in [-0.25, -0.2) is 13.9 Å². The number of hydrogen-bond donors (Lipinski definition) is 1. The summed E-state index contributed by atoms with van der Waals surface area (Å²) in [5.74, 6) is 1.01. The van der Waals surface area contributed by atoms with E-state index in [0.29, 0.717) is 31.2 Å². The van der Waals surface area contributed by atoms with E-state index in [-0.39, 0.29) is 18.0 Å². The fourth-order valence-corrected chi connectivity index (χ4v) is 3.13. The van der Waals surface area contributed by atoms with Gasteiger partial charge >= 0.3 is 6.03 Å². The summed E-state index contributed by atoms with van der Waals surface area (Å²) in [7, 11) is 0. The highest BCUT2D eigenvalue weighted by atomic mass is 19.1. The first-order valence-corrected chi connectivity index (χ1v) is 9.06. The number of nitrogens with one attached hydrogen (secondary N) is 1. The number of likely N-dealkylation sites (tertiary alicyclic amines) is 1. The zero-order valence-corrected chi connectivity index (χ0v) is 15.2. The van der Waals surface area contributed by atoms with Crippen molar-refractivity contribution in [3.63, 3.8) is 0 Å². The number of urea groups is 1. The quantitative estimate of drug-likeness (QED) is 0.737. The molecule has 2 aromatic heterocycles. The van der Waals surface area contributed by atoms with Gasteiger partial charge in [0.2, 0.25) is 0 Å². The fraction of sp³-hybridized carbons (Fsp3) is 0.250. The van der Waals surface area contributed by atoms with E-state index in [4.69, 9.17) is 4.74 Å². The average Bonchev–Trinajstić information content (AvgIpc) is 3.34. The number of amides is 2. The number of halogens is 1. The highest BCUT2D eigenvalue weighted by molar-refractivity contribution is 5.88. The SMILES string of the molecule is O=C(Nc1ccnn1Cc1ccc(F)cc1)N1CC[C@@H](Oc2cccnc2)C1. The minimum Gasteiger partial charge on any atom is -0.487 e. The normalized spacial score (nSPS) is 16.2. The largest absolute Gasteiger partial charge is 0.487 e. The third-order valence-corrected chi connectivity index (χ3v) is 4.57. The van der Waals surface area contributed by atoms with Crippen LogP contribution in [0.3, 0.4) is 0 Å². The van der Waals surface area contributed by atoms with Gasteiger partial charge in [-0.1, -0.05) is 12.1 Å². The molecule has 8 heteroatoms. The minimum absolute atomic E-state index is 0.0564. The topological polar surface area (TPSA) is 72.3 Å². The molecule has 1 aliphatic rings. The van der Waals surface area contributed by atoms with Gasteiger partial charge in [-0.05, 0) is 29.8 Å². The minimum atomic E-state index is -0.283. The average molecular weight is 381 g/mol. The standard InChI is InChI=1S/C20H20FN5O2/c21-16-5-3-15(4-6-16)13-26-19(7-10-23-26)24-20(27)25-11-8-18(14-25)28-17-2-1-9-22-12-17/h1-7,9-10,12,18H,8,11,13-14H2,(H,24,27)/t18-/m1/s1. The molecule has 1 aromatic carbocycles. The Morgan fingerprint density at radius 1 is 1.21 bits per heavy atom. The number of carbonyl (C=O) groups excluding carboxylic acids is 1. The molecule has 1 atom stereocenters. The summed E-state index contributed by atoms with van der Waals surface area (Å²) in [6, 6.07) is 11.4. The van der Waals surface area contributed by atoms with Crippen molar-refractivity contribution in [1.29, 1.82) is 0 Å². The van der Waals surface area contributed by atoms with E-state index in [9.17, 15) is 9.18 Å². The van der Waals surface area contributed by atoms with E-state index in [1.807, 2.05) is 12.1 Å². The van der Waals surface area contributed by atoms with Gasteiger partial charge in [0.05, 0.1) is 25.5 Å². The molecule has 0 aliphatic carbocycles. The molecular formula is C20H20FN5O2. The van der Waals surface area contributed by atoms with E-state index >= 15 is 0 Å². The van der Waals surface area contributed by atoms with Crippen molar-refractivity contribution in [2.45, 2.75) is 19.1 Å². The molecule has 0 saturated carbocycles. The highest BCUT2D eigenvalue weighted by Crippen LogP contribution is 2.19. The molecule has 1 aliphatic heterocycles. The lowest BCUT2D eigenvalue weighted by molar-refractivity contribution is 0.194. The van der Waals surface area contributed by atoms with E-state index in [1.54, 1.807) is 46.4 Å². The van der Waals surface area contributed by atoms with Crippen LogP contribution in [0.1, 0.15) is 12.0 Å². The maximum Gasteiger partial charge on any atom is 0.323 e. The molecule has 4 rings (SSSR count). The smallest absolute Gasteiger partial charge is 0.323 e. The van der Waals surface area contributed by atoms with Crippen molar-refractivity contribution in [3.8, 4) is 5.75 Å². The number of aromatic nitrogens is 3. The first-order valence-electron chi connectivity index (χ1n) is 9.06. The van der Waals surface area contributed by atoms with Crippen LogP contribution in [0, 0.1) is 5.82 Å². The van der Waals surface area contributed by atoms with Crippen LogP contribution in [0.15, 0.2) is 61.1 Å². The Kier molecular flexibility index (Phi) is 5.18. The summed E-state index contributed by atoms with van der Waals surface area (Å²) in [5, 5.41) is 7.14. The molecule has 2 amide bonds. The predicted octanol–water partition coefficient (Wildman–Crippen LogP) is 3.15. The van der Waals surface area contributed by atoms with E-state index in [1.165, 1.54) is 12.1 Å². The van der Waals surface area contributed by atoms with Gasteiger partial charge in [0.15, 0.2) is 0 Å². The third kappa shape index (κ3) is 4.28. The molecule has 7 nitrogen and oxygen atoms in total. The van der Waals surface area contributed by atoms with Crippen LogP contribution in [0.2, 0.25) is 0 Å². The van der Waals surface area contributed by atoms with Crippen LogP contribution in [0.4, 0.5) is 15.0 Å². The highest BCUT2D eigenvalue weighted by Gasteiger charge is 2.28. The monoisotopic (exact) mass is 381 g/mol. The number of rotatable bonds is 5. The molecule has 0 bridgehead atoms. The van der Waals surface area contributed by atoms with E-state index in [2.05, 4.69) is 15.4 Å². The molecule has 3 aromatic rings. The molecule has 144 valence electrons. The zero-order valence-electron chi connectivity index (χ0n) is 15.2. The Morgan fingerprint density at radius 2 is 2.07 bits per heavy atom. The van der Waals surface area contributed by atoms with Crippen LogP contribution < -0.4 is 10.1 Å². The van der Waals surface area contributed by atoms with Crippen LogP contribution in [-0.2, 0) is 6.54 Å². The summed E-state index contributed by atoms with van der Waals surface area (Å²) in [6.45, 7) is 1.56. The molecule has 1 N–H and O–H groups in total. The first kappa shape index (κ1) is 18.0. The summed E-state index contributed by atoms with van der Waals surface area (Å²) in [5.41, 5.74) is 0.895. The second kappa shape index (κ2) is 8.08. The van der Waals surface area contributed by atoms with Crippen molar-refractivity contribution in [2.75, 3.05) is 18.4 Å². The van der Waals surface area contributed by atoms with Crippen molar-refractivity contribution >= 4 is 11.8 Å². The van der Waals surface area contributed by atoms with Crippen molar-refractivity contribution in [1.82, 2.24) is 19.7 Å². The van der Waals surface area contributed by atoms with Crippen molar-refractivity contribution < 1.29 is 13.9 Å². The Bertz CT molecular complexity index is 929. The van der Waals surface area contributed by atoms with Crippen LogP contribution in [0.25, 0.3) is 0 Å². The number of carbonyl (C=O) groups is 1. The maximum atomic E-state index is 13.1. The summed E-state index contributed by atoms with van der Waals surface area (Å²) in [4.78, 5) is 18.4. The number of ether oxygens (including phenoxy) is 1. The van der Waals surface area contributed by atoms with Crippen LogP contribution >= 0.6 is 0 Å². The Labute approximate surface area is 161 Å². The molecule has 0 unspecified atom stereocenters. The van der Waals surface area contributed by atoms with Gasteiger partial charge in [0.25, 0.3) is 0 Å². The van der Waals surface area contributed by atoms with Gasteiger partial charge in [-0.2, -0.15) is 5.10 Å². The lowest BCUT2D eigenvalue weighted by Gasteiger charge is -2.18. The van der Waals surface area contributed by atoms with Gasteiger partial charge in [-0.15, -0.1) is 0 Å². The maximum absolute atomic E-state index is 13.1. The Balaban J connectivity index is 1.34. The van der Waals surface area contributed by atoms with Crippen LogP contribution in [-0.4, -0.2) is 44.9 Å². The van der Waals surface area contributed by atoms with E-state index < -0.39 is 0 Å². The Morgan fingerprint density at radius 3 is 2.86 bits per heavy atom. The third-order valence-electron chi connectivity index (χ3n) is 4.57. The molecule has 1 fully saturated rings. The number of benzene rings is 1. The lowest BCUT2D eigenvalue weighted by atomic mass is 10.2. The van der Waals surface area contributed by atoms with Gasteiger partial charge in [0.1, 0.15) is 23.5 Å². The molecule has 0 radical (unpaired) electrons. The molecule has 3 heterocycles. The lowest BCUT2D eigenvalue weighted by Crippen LogP contribution is -2.35. The number of nitrogens with zero attached hydrogens (tertiary/aromatic N) is 4. The number of anilines is 1. The van der Waals surface area contributed by atoms with Crippen molar-refractivity contribution in [2.24, 2.45) is 0 Å². The Hall–Kier alpha value is -3.42. The molecule has 28 heavy (non-hydrogen) atoms. The first-order chi connectivity index (χ1) is 13.7. The molecule has 1 saturated heterocycles. The van der Waals surface area contributed by atoms with Gasteiger partial charge in [0, 0.05) is 25.2 Å². The zero-order chi connectivity index (χ0) is 19.3. The number of pyridine rings is 1. The summed E-state index contributed by atoms with van der Waals surface area (Å²) >= 11 is 0. The van der Waals surface area contributed by atoms with Crippen LogP contribution in [0.5, 0.6) is 5.75 Å². The predicted molar refractivity (Wildman–Crippen MR) is 102 cm³/mol. The molecular weight excluding hydrogens is 361 g/mol. The van der Waals surface area contributed by atoms with Crippen molar-refractivity contribution in [3.05, 3.63) is 72.4 Å². The van der Waals surface area contributed by atoms with Gasteiger partial charge in [-0.3, -0.25) is 10.3 Å². The second-order valence-corrected chi connectivity index (χ2v) is 6.59. The van der Waals surface area contributed by atoms with Gasteiger partial charge < -0.3 is 9.64 Å². The molecule has 0 spiro atoms. The number of hydrogen-bond acceptors (Lipinski definition) is 4. The fourth-order valence-electron chi connectivity index (χ4n) is 3.13. The van der Waals surface area contributed by atoms with E-state index in [0.717, 1.165) is 12.0 Å².